The van der Waals surface area contributed by atoms with Crippen molar-refractivity contribution >= 4 is 0 Å². The van der Waals surface area contributed by atoms with Crippen LogP contribution in [0.2, 0.25) is 0 Å². The van der Waals surface area contributed by atoms with E-state index in [1.54, 1.807) is 0 Å². The third kappa shape index (κ3) is 19.1. The van der Waals surface area contributed by atoms with Gasteiger partial charge in [0.25, 0.3) is 0 Å². The summed E-state index contributed by atoms with van der Waals surface area (Å²) in [5, 5.41) is 7.75. The molecule has 0 heterocycles. The van der Waals surface area contributed by atoms with Crippen LogP contribution in [0.4, 0.5) is 0 Å². The van der Waals surface area contributed by atoms with E-state index in [-0.39, 0.29) is 108 Å². The first-order valence-corrected chi connectivity index (χ1v) is 0.236. The standard InChI is InChI=1S/2K.H2NO.H2O/c;;1-2;/h;;1H2;1H2/q2*+1;-1;/p-1. The maximum atomic E-state index is 7.75. The molecule has 0 aromatic heterocycles. The molecule has 0 aliphatic rings. The van der Waals surface area contributed by atoms with Crippen LogP contribution in [0.3, 0.4) is 0 Å². The molecule has 3 N–H and O–H groups in total. The van der Waals surface area contributed by atoms with Crippen LogP contribution in [0.15, 0.2) is 0 Å². The van der Waals surface area contributed by atoms with Crippen molar-refractivity contribution in [2.45, 2.75) is 0 Å². The molecule has 0 aromatic rings. The number of hydrogen-bond donors (Lipinski definition) is 1. The molecule has 0 aliphatic heterocycles. The largest absolute Gasteiger partial charge is 1.00 e. The summed E-state index contributed by atoms with van der Waals surface area (Å²) in [6.45, 7) is 0. The van der Waals surface area contributed by atoms with Crippen molar-refractivity contribution in [3.8, 4) is 0 Å². The summed E-state index contributed by atoms with van der Waals surface area (Å²) in [6, 6.07) is 0. The van der Waals surface area contributed by atoms with Crippen LogP contribution in [0.5, 0.6) is 0 Å². The monoisotopic (exact) mass is 127 g/mol. The average molecular weight is 127 g/mol. The summed E-state index contributed by atoms with van der Waals surface area (Å²) in [7, 11) is 0. The minimum Gasteiger partial charge on any atom is -0.870 e. The summed E-state index contributed by atoms with van der Waals surface area (Å²) in [5.41, 5.74) is 0. The third-order valence-corrected chi connectivity index (χ3v) is 0. The first kappa shape index (κ1) is 24.2. The topological polar surface area (TPSA) is 79.1 Å². The van der Waals surface area contributed by atoms with Gasteiger partial charge in [0.05, 0.1) is 0 Å². The molecule has 3 nitrogen and oxygen atoms in total. The number of rotatable bonds is 0. The quantitative estimate of drug-likeness (QED) is 0.259. The number of nitrogens with two attached hydrogens (primary N) is 1. The van der Waals surface area contributed by atoms with Gasteiger partial charge in [0.1, 0.15) is 0 Å². The summed E-state index contributed by atoms with van der Waals surface area (Å²) in [5.74, 6) is 3.25. The molecule has 0 aromatic carbocycles. The van der Waals surface area contributed by atoms with Crippen LogP contribution in [0.25, 0.3) is 0 Å². The molecular weight excluding hydrogens is 124 g/mol. The predicted molar refractivity (Wildman–Crippen MR) is 9.49 cm³/mol. The van der Waals surface area contributed by atoms with Crippen LogP contribution in [-0.2, 0) is 0 Å². The van der Waals surface area contributed by atoms with Crippen molar-refractivity contribution in [3.63, 3.8) is 0 Å². The minimum atomic E-state index is 0. The van der Waals surface area contributed by atoms with Gasteiger partial charge < -0.3 is 16.6 Å². The molecule has 0 rings (SSSR count). The van der Waals surface area contributed by atoms with Crippen molar-refractivity contribution in [1.82, 2.24) is 0 Å². The molecule has 0 amide bonds. The van der Waals surface area contributed by atoms with E-state index in [2.05, 4.69) is 5.90 Å². The van der Waals surface area contributed by atoms with Gasteiger partial charge >= 0.3 is 103 Å². The minimum absolute atomic E-state index is 0. The molecule has 0 spiro atoms. The first-order chi connectivity index (χ1) is 1.00. The summed E-state index contributed by atoms with van der Waals surface area (Å²) in [4.78, 5) is 0. The second kappa shape index (κ2) is 27.2. The van der Waals surface area contributed by atoms with Crippen LogP contribution in [0.1, 0.15) is 0 Å². The molecule has 0 bridgehead atoms. The van der Waals surface area contributed by atoms with E-state index >= 15 is 0 Å². The van der Waals surface area contributed by atoms with Crippen molar-refractivity contribution < 1.29 is 108 Å². The Balaban J connectivity index is -0.00000000167. The molecule has 0 fully saturated rings. The summed E-state index contributed by atoms with van der Waals surface area (Å²) in [6.07, 6.45) is 0. The second-order valence-electron chi connectivity index (χ2n) is 0. The maximum absolute atomic E-state index is 7.75. The maximum Gasteiger partial charge on any atom is 1.00 e. The smallest absolute Gasteiger partial charge is 0.870 e. The van der Waals surface area contributed by atoms with Gasteiger partial charge in [0.15, 0.2) is 0 Å². The Kier molecular flexibility index (Phi) is 132. The van der Waals surface area contributed by atoms with Gasteiger partial charge in [-0.05, 0) is 0 Å². The normalized spacial score (nSPS) is 1.20. The van der Waals surface area contributed by atoms with Crippen molar-refractivity contribution in [2.75, 3.05) is 0 Å². The van der Waals surface area contributed by atoms with Gasteiger partial charge in [-0.2, -0.15) is 0 Å². The molecule has 0 radical (unpaired) electrons. The molecule has 22 valence electrons. The molecular formula is H3K2NO2. The van der Waals surface area contributed by atoms with E-state index in [1.165, 1.54) is 0 Å². The average Bonchev–Trinajstić information content (AvgIpc) is 1.00. The molecule has 5 heteroatoms. The van der Waals surface area contributed by atoms with E-state index in [4.69, 9.17) is 5.21 Å². The third-order valence-electron chi connectivity index (χ3n) is 0. The zero-order valence-corrected chi connectivity index (χ0v) is 9.68. The van der Waals surface area contributed by atoms with Gasteiger partial charge in [0.2, 0.25) is 0 Å². The fourth-order valence-electron chi connectivity index (χ4n) is 0. The van der Waals surface area contributed by atoms with E-state index < -0.39 is 0 Å². The van der Waals surface area contributed by atoms with E-state index in [1.807, 2.05) is 0 Å². The Bertz CT molecular complexity index is 7.61. The molecule has 0 aliphatic carbocycles. The molecule has 0 saturated carbocycles. The van der Waals surface area contributed by atoms with Crippen LogP contribution >= 0.6 is 0 Å². The predicted octanol–water partition coefficient (Wildman–Crippen LogP) is -6.73. The van der Waals surface area contributed by atoms with Crippen molar-refractivity contribution in [3.05, 3.63) is 5.21 Å². The Morgan fingerprint density at radius 3 is 1.00 bits per heavy atom. The van der Waals surface area contributed by atoms with Crippen LogP contribution in [0, 0.1) is 5.21 Å². The Hall–Kier alpha value is 3.15. The molecule has 0 unspecified atom stereocenters. The van der Waals surface area contributed by atoms with E-state index in [9.17, 15) is 0 Å². The van der Waals surface area contributed by atoms with E-state index in [0.29, 0.717) is 0 Å². The summed E-state index contributed by atoms with van der Waals surface area (Å²) >= 11 is 0. The molecule has 0 saturated heterocycles. The van der Waals surface area contributed by atoms with Gasteiger partial charge in [-0.1, -0.05) is 0 Å². The zero-order chi connectivity index (χ0) is 2.00. The van der Waals surface area contributed by atoms with Crippen molar-refractivity contribution in [2.24, 2.45) is 5.90 Å². The van der Waals surface area contributed by atoms with Gasteiger partial charge in [0, 0.05) is 0 Å². The molecule has 5 heavy (non-hydrogen) atoms. The zero-order valence-electron chi connectivity index (χ0n) is 3.43. The molecule has 0 atom stereocenters. The van der Waals surface area contributed by atoms with Gasteiger partial charge in [-0.15, -0.1) is 0 Å². The fourth-order valence-corrected chi connectivity index (χ4v) is 0. The fraction of sp³-hybridized carbons (Fsp3) is 0. The Labute approximate surface area is 116 Å². The first-order valence-electron chi connectivity index (χ1n) is 0.236. The number of hydrogen-bond acceptors (Lipinski definition) is 3. The second-order valence-corrected chi connectivity index (χ2v) is 0. The van der Waals surface area contributed by atoms with Crippen LogP contribution < -0.4 is 109 Å². The van der Waals surface area contributed by atoms with Gasteiger partial charge in [-0.25, -0.2) is 0 Å². The Morgan fingerprint density at radius 2 is 1.00 bits per heavy atom. The SMILES string of the molecule is N[O-].[K+].[K+].[OH-]. The summed E-state index contributed by atoms with van der Waals surface area (Å²) < 4.78 is 0. The van der Waals surface area contributed by atoms with Crippen LogP contribution in [-0.4, -0.2) is 5.48 Å². The van der Waals surface area contributed by atoms with Gasteiger partial charge in [-0.3, -0.25) is 0 Å². The Morgan fingerprint density at radius 1 is 1.00 bits per heavy atom. The van der Waals surface area contributed by atoms with E-state index in [0.717, 1.165) is 0 Å². The van der Waals surface area contributed by atoms with Crippen molar-refractivity contribution in [1.29, 1.82) is 0 Å².